The lowest BCUT2D eigenvalue weighted by Crippen LogP contribution is -2.32. The molecule has 0 saturated carbocycles. The fourth-order valence-electron chi connectivity index (χ4n) is 2.40. The Morgan fingerprint density at radius 3 is 2.70 bits per heavy atom. The number of amides is 1. The van der Waals surface area contributed by atoms with Crippen molar-refractivity contribution < 1.29 is 14.7 Å². The van der Waals surface area contributed by atoms with Crippen molar-refractivity contribution in [1.29, 1.82) is 0 Å². The van der Waals surface area contributed by atoms with E-state index in [2.05, 4.69) is 24.1 Å². The summed E-state index contributed by atoms with van der Waals surface area (Å²) >= 11 is 1.02. The highest BCUT2D eigenvalue weighted by molar-refractivity contribution is 7.15. The van der Waals surface area contributed by atoms with Gasteiger partial charge in [0.15, 0.2) is 0 Å². The third-order valence-corrected chi connectivity index (χ3v) is 4.71. The normalized spacial score (nSPS) is 19.4. The van der Waals surface area contributed by atoms with Crippen molar-refractivity contribution in [3.05, 3.63) is 21.9 Å². The van der Waals surface area contributed by atoms with Crippen molar-refractivity contribution in [2.24, 2.45) is 5.92 Å². The molecule has 1 fully saturated rings. The maximum atomic E-state index is 11.9. The summed E-state index contributed by atoms with van der Waals surface area (Å²) in [5, 5.41) is 11.7. The zero-order valence-electron chi connectivity index (χ0n) is 11.8. The maximum absolute atomic E-state index is 11.9. The number of carbonyl (C=O) groups excluding carboxylic acids is 1. The summed E-state index contributed by atoms with van der Waals surface area (Å²) in [5.41, 5.74) is 0. The van der Waals surface area contributed by atoms with E-state index in [1.54, 1.807) is 6.07 Å². The molecule has 0 spiro atoms. The molecule has 0 bridgehead atoms. The minimum Gasteiger partial charge on any atom is -0.477 e. The average Bonchev–Trinajstić information content (AvgIpc) is 3.05. The van der Waals surface area contributed by atoms with Crippen LogP contribution in [0.5, 0.6) is 0 Å². The molecular formula is C14H20N2O3S. The molecule has 1 unspecified atom stereocenters. The van der Waals surface area contributed by atoms with Crippen LogP contribution in [0.3, 0.4) is 0 Å². The van der Waals surface area contributed by atoms with Crippen LogP contribution in [0, 0.1) is 5.92 Å². The lowest BCUT2D eigenvalue weighted by molar-refractivity contribution is 0.0702. The first kappa shape index (κ1) is 15.0. The highest BCUT2D eigenvalue weighted by Crippen LogP contribution is 2.19. The summed E-state index contributed by atoms with van der Waals surface area (Å²) in [6.07, 6.45) is 1.10. The van der Waals surface area contributed by atoms with E-state index >= 15 is 0 Å². The summed E-state index contributed by atoms with van der Waals surface area (Å²) in [4.78, 5) is 25.8. The van der Waals surface area contributed by atoms with Crippen LogP contribution in [0.15, 0.2) is 12.1 Å². The fraction of sp³-hybridized carbons (Fsp3) is 0.571. The van der Waals surface area contributed by atoms with E-state index < -0.39 is 5.97 Å². The van der Waals surface area contributed by atoms with Crippen LogP contribution in [0.25, 0.3) is 0 Å². The van der Waals surface area contributed by atoms with Crippen molar-refractivity contribution >= 4 is 23.2 Å². The Kier molecular flexibility index (Phi) is 4.77. The second-order valence-corrected chi connectivity index (χ2v) is 6.51. The van der Waals surface area contributed by atoms with Gasteiger partial charge in [0.05, 0.1) is 4.88 Å². The molecule has 1 aliphatic rings. The van der Waals surface area contributed by atoms with Crippen LogP contribution in [0.4, 0.5) is 0 Å². The first-order valence-electron chi connectivity index (χ1n) is 6.82. The molecule has 2 heterocycles. The molecule has 2 N–H and O–H groups in total. The third-order valence-electron chi connectivity index (χ3n) is 3.64. The Bertz CT molecular complexity index is 498. The number of hydrogen-bond acceptors (Lipinski definition) is 4. The molecule has 110 valence electrons. The molecule has 1 aliphatic heterocycles. The number of carboxylic acids is 1. The number of carboxylic acid groups (broad SMARTS) is 1. The highest BCUT2D eigenvalue weighted by Gasteiger charge is 2.24. The van der Waals surface area contributed by atoms with E-state index in [0.717, 1.165) is 30.8 Å². The van der Waals surface area contributed by atoms with Crippen LogP contribution >= 0.6 is 11.3 Å². The molecule has 20 heavy (non-hydrogen) atoms. The molecule has 0 radical (unpaired) electrons. The monoisotopic (exact) mass is 296 g/mol. The topological polar surface area (TPSA) is 69.6 Å². The van der Waals surface area contributed by atoms with E-state index in [9.17, 15) is 9.59 Å². The molecule has 0 aliphatic carbocycles. The molecule has 1 amide bonds. The fourth-order valence-corrected chi connectivity index (χ4v) is 3.16. The number of aromatic carboxylic acids is 1. The Morgan fingerprint density at radius 1 is 1.45 bits per heavy atom. The first-order valence-corrected chi connectivity index (χ1v) is 7.64. The lowest BCUT2D eigenvalue weighted by Gasteiger charge is -2.20. The smallest absolute Gasteiger partial charge is 0.345 e. The number of hydrogen-bond donors (Lipinski definition) is 2. The summed E-state index contributed by atoms with van der Waals surface area (Å²) in [7, 11) is 0. The van der Waals surface area contributed by atoms with Gasteiger partial charge in [0.25, 0.3) is 5.91 Å². The van der Waals surface area contributed by atoms with Crippen molar-refractivity contribution in [2.45, 2.75) is 26.3 Å². The Hall–Kier alpha value is -1.40. The Morgan fingerprint density at radius 2 is 2.15 bits per heavy atom. The summed E-state index contributed by atoms with van der Waals surface area (Å²) in [5.74, 6) is -0.678. The van der Waals surface area contributed by atoms with Gasteiger partial charge in [-0.25, -0.2) is 4.79 Å². The SMILES string of the molecule is CC(C)N1CCC(CNC(=O)c2ccc(C(=O)O)s2)C1. The minimum absolute atomic E-state index is 0.175. The van der Waals surface area contributed by atoms with Gasteiger partial charge in [-0.2, -0.15) is 0 Å². The molecule has 2 rings (SSSR count). The van der Waals surface area contributed by atoms with E-state index in [1.807, 2.05) is 0 Å². The predicted octanol–water partition coefficient (Wildman–Crippen LogP) is 1.91. The molecule has 1 aromatic heterocycles. The molecule has 1 atom stereocenters. The van der Waals surface area contributed by atoms with Crippen LogP contribution in [0.2, 0.25) is 0 Å². The molecule has 1 aromatic rings. The van der Waals surface area contributed by atoms with Gasteiger partial charge in [-0.3, -0.25) is 4.79 Å². The van der Waals surface area contributed by atoms with Crippen molar-refractivity contribution in [3.63, 3.8) is 0 Å². The number of carbonyl (C=O) groups is 2. The van der Waals surface area contributed by atoms with Gasteiger partial charge in [0.2, 0.25) is 0 Å². The van der Waals surface area contributed by atoms with E-state index in [0.29, 0.717) is 23.4 Å². The van der Waals surface area contributed by atoms with Crippen LogP contribution in [-0.4, -0.2) is 47.6 Å². The zero-order chi connectivity index (χ0) is 14.7. The molecule has 6 heteroatoms. The minimum atomic E-state index is -0.989. The molecule has 1 saturated heterocycles. The first-order chi connectivity index (χ1) is 9.47. The number of likely N-dealkylation sites (tertiary alicyclic amines) is 1. The molecule has 0 aromatic carbocycles. The number of nitrogens with one attached hydrogen (secondary N) is 1. The van der Waals surface area contributed by atoms with E-state index in [-0.39, 0.29) is 10.8 Å². The molecule has 5 nitrogen and oxygen atoms in total. The van der Waals surface area contributed by atoms with Crippen molar-refractivity contribution in [3.8, 4) is 0 Å². The standard InChI is InChI=1S/C14H20N2O3S/c1-9(2)16-6-5-10(8-16)7-15-13(17)11-3-4-12(20-11)14(18)19/h3-4,9-10H,5-8H2,1-2H3,(H,15,17)(H,18,19). The quantitative estimate of drug-likeness (QED) is 0.871. The highest BCUT2D eigenvalue weighted by atomic mass is 32.1. The van der Waals surface area contributed by atoms with Gasteiger partial charge in [-0.1, -0.05) is 0 Å². The van der Waals surface area contributed by atoms with Crippen LogP contribution in [-0.2, 0) is 0 Å². The third kappa shape index (κ3) is 3.58. The maximum Gasteiger partial charge on any atom is 0.345 e. The second-order valence-electron chi connectivity index (χ2n) is 5.42. The lowest BCUT2D eigenvalue weighted by atomic mass is 10.1. The Labute approximate surface area is 122 Å². The van der Waals surface area contributed by atoms with Crippen molar-refractivity contribution in [1.82, 2.24) is 10.2 Å². The second kappa shape index (κ2) is 6.37. The number of thiophene rings is 1. The van der Waals surface area contributed by atoms with E-state index in [1.165, 1.54) is 6.07 Å². The van der Waals surface area contributed by atoms with Crippen LogP contribution < -0.4 is 5.32 Å². The van der Waals surface area contributed by atoms with Crippen LogP contribution in [0.1, 0.15) is 39.6 Å². The van der Waals surface area contributed by atoms with Gasteiger partial charge in [0, 0.05) is 19.1 Å². The summed E-state index contributed by atoms with van der Waals surface area (Å²) in [6, 6.07) is 3.59. The predicted molar refractivity (Wildman–Crippen MR) is 78.4 cm³/mol. The summed E-state index contributed by atoms with van der Waals surface area (Å²) in [6.45, 7) is 7.12. The Balaban J connectivity index is 1.82. The number of nitrogens with zero attached hydrogens (tertiary/aromatic N) is 1. The van der Waals surface area contributed by atoms with Gasteiger partial charge in [-0.15, -0.1) is 11.3 Å². The number of rotatable bonds is 5. The van der Waals surface area contributed by atoms with Crippen molar-refractivity contribution in [2.75, 3.05) is 19.6 Å². The van der Waals surface area contributed by atoms with Gasteiger partial charge >= 0.3 is 5.97 Å². The average molecular weight is 296 g/mol. The summed E-state index contributed by atoms with van der Waals surface area (Å²) < 4.78 is 0. The van der Waals surface area contributed by atoms with Gasteiger partial charge in [0.1, 0.15) is 4.88 Å². The van der Waals surface area contributed by atoms with E-state index in [4.69, 9.17) is 5.11 Å². The van der Waals surface area contributed by atoms with Gasteiger partial charge < -0.3 is 15.3 Å². The van der Waals surface area contributed by atoms with Gasteiger partial charge in [-0.05, 0) is 44.9 Å². The largest absolute Gasteiger partial charge is 0.477 e. The molecular weight excluding hydrogens is 276 g/mol. The zero-order valence-corrected chi connectivity index (χ0v) is 12.6.